The maximum atomic E-state index is 12.5. The molecule has 0 bridgehead atoms. The van der Waals surface area contributed by atoms with Gasteiger partial charge in [0.2, 0.25) is 0 Å². The molecule has 8 nitrogen and oxygen atoms in total. The van der Waals surface area contributed by atoms with Crippen LogP contribution in [0.4, 0.5) is 0 Å². The third kappa shape index (κ3) is 6.52. The van der Waals surface area contributed by atoms with Crippen LogP contribution in [0.5, 0.6) is 11.5 Å². The molecule has 0 spiro atoms. The molecule has 1 aliphatic rings. The van der Waals surface area contributed by atoms with E-state index in [-0.39, 0.29) is 29.9 Å². The Bertz CT molecular complexity index is 849. The van der Waals surface area contributed by atoms with E-state index in [0.29, 0.717) is 50.8 Å². The van der Waals surface area contributed by atoms with E-state index in [1.165, 1.54) is 6.26 Å². The Hall–Kier alpha value is -2.43. The van der Waals surface area contributed by atoms with Crippen molar-refractivity contribution in [2.45, 2.75) is 20.4 Å². The zero-order valence-electron chi connectivity index (χ0n) is 18.3. The number of hydrogen-bond donors (Lipinski definition) is 1. The van der Waals surface area contributed by atoms with E-state index < -0.39 is 0 Å². The van der Waals surface area contributed by atoms with Crippen molar-refractivity contribution in [3.63, 3.8) is 0 Å². The van der Waals surface area contributed by atoms with Gasteiger partial charge in [0.25, 0.3) is 5.91 Å². The second-order valence-corrected chi connectivity index (χ2v) is 6.84. The van der Waals surface area contributed by atoms with Gasteiger partial charge in [-0.25, -0.2) is 4.99 Å². The first-order chi connectivity index (χ1) is 14.7. The summed E-state index contributed by atoms with van der Waals surface area (Å²) in [6, 6.07) is 9.30. The van der Waals surface area contributed by atoms with Gasteiger partial charge in [-0.05, 0) is 43.7 Å². The lowest BCUT2D eigenvalue weighted by Gasteiger charge is -2.36. The first kappa shape index (κ1) is 24.8. The molecule has 1 aromatic carbocycles. The lowest BCUT2D eigenvalue weighted by atomic mass is 10.2. The van der Waals surface area contributed by atoms with Gasteiger partial charge >= 0.3 is 0 Å². The molecular weight excluding hydrogens is 511 g/mol. The number of furan rings is 1. The number of aliphatic imine (C=N–C) groups is 1. The van der Waals surface area contributed by atoms with Crippen molar-refractivity contribution in [1.29, 1.82) is 0 Å². The van der Waals surface area contributed by atoms with Crippen molar-refractivity contribution in [3.8, 4) is 11.5 Å². The smallest absolute Gasteiger partial charge is 0.289 e. The Morgan fingerprint density at radius 3 is 2.48 bits per heavy atom. The summed E-state index contributed by atoms with van der Waals surface area (Å²) in [5.41, 5.74) is 1.04. The third-order valence-corrected chi connectivity index (χ3v) is 4.87. The Labute approximate surface area is 200 Å². The summed E-state index contributed by atoms with van der Waals surface area (Å²) >= 11 is 0. The van der Waals surface area contributed by atoms with E-state index >= 15 is 0 Å². The molecule has 2 heterocycles. The van der Waals surface area contributed by atoms with Gasteiger partial charge in [-0.15, -0.1) is 24.0 Å². The molecule has 1 N–H and O–H groups in total. The number of halogens is 1. The molecule has 1 saturated heterocycles. The summed E-state index contributed by atoms with van der Waals surface area (Å²) in [6.45, 7) is 8.55. The van der Waals surface area contributed by atoms with E-state index in [4.69, 9.17) is 18.9 Å². The Morgan fingerprint density at radius 2 is 1.87 bits per heavy atom. The van der Waals surface area contributed by atoms with Gasteiger partial charge in [0.15, 0.2) is 23.2 Å². The zero-order chi connectivity index (χ0) is 21.3. The van der Waals surface area contributed by atoms with Crippen LogP contribution in [0.3, 0.4) is 0 Å². The number of benzene rings is 1. The summed E-state index contributed by atoms with van der Waals surface area (Å²) < 4.78 is 16.2. The van der Waals surface area contributed by atoms with Gasteiger partial charge in [-0.3, -0.25) is 4.79 Å². The Kier molecular flexibility index (Phi) is 9.96. The molecule has 9 heteroatoms. The van der Waals surface area contributed by atoms with Crippen LogP contribution in [-0.2, 0) is 6.54 Å². The standard InChI is InChI=1S/C22H30N4O4.HI/c1-4-23-22(24-16-17-8-9-18(28-3)20(15-17)29-5-2)26-12-10-25(11-13-26)21(27)19-7-6-14-30-19;/h6-9,14-15H,4-5,10-13,16H2,1-3H3,(H,23,24);1H. The van der Waals surface area contributed by atoms with E-state index in [0.717, 1.165) is 23.8 Å². The molecule has 0 radical (unpaired) electrons. The number of amides is 1. The van der Waals surface area contributed by atoms with Crippen LogP contribution in [0, 0.1) is 0 Å². The molecule has 0 aliphatic carbocycles. The normalized spacial score (nSPS) is 14.1. The molecular formula is C22H31IN4O4. The van der Waals surface area contributed by atoms with Gasteiger partial charge in [0, 0.05) is 32.7 Å². The predicted molar refractivity (Wildman–Crippen MR) is 131 cm³/mol. The molecule has 0 atom stereocenters. The summed E-state index contributed by atoms with van der Waals surface area (Å²) in [5.74, 6) is 2.60. The van der Waals surface area contributed by atoms with Gasteiger partial charge in [0.1, 0.15) is 0 Å². The first-order valence-corrected chi connectivity index (χ1v) is 10.3. The second-order valence-electron chi connectivity index (χ2n) is 6.84. The van der Waals surface area contributed by atoms with Crippen LogP contribution in [-0.4, -0.2) is 68.1 Å². The number of guanidine groups is 1. The maximum absolute atomic E-state index is 12.5. The van der Waals surface area contributed by atoms with Crippen molar-refractivity contribution >= 4 is 35.8 Å². The number of nitrogens with one attached hydrogen (secondary N) is 1. The molecule has 0 saturated carbocycles. The van der Waals surface area contributed by atoms with Gasteiger partial charge in [-0.2, -0.15) is 0 Å². The van der Waals surface area contributed by atoms with Gasteiger partial charge in [0.05, 0.1) is 26.5 Å². The highest BCUT2D eigenvalue weighted by Gasteiger charge is 2.25. The quantitative estimate of drug-likeness (QED) is 0.329. The minimum atomic E-state index is -0.0664. The van der Waals surface area contributed by atoms with Gasteiger partial charge < -0.3 is 29.0 Å². The van der Waals surface area contributed by atoms with E-state index in [9.17, 15) is 4.79 Å². The monoisotopic (exact) mass is 542 g/mol. The van der Waals surface area contributed by atoms with Crippen LogP contribution < -0.4 is 14.8 Å². The lowest BCUT2D eigenvalue weighted by molar-refractivity contribution is 0.0657. The first-order valence-electron chi connectivity index (χ1n) is 10.3. The van der Waals surface area contributed by atoms with E-state index in [2.05, 4.69) is 10.2 Å². The number of ether oxygens (including phenoxy) is 2. The van der Waals surface area contributed by atoms with E-state index in [1.54, 1.807) is 19.2 Å². The number of hydrogen-bond acceptors (Lipinski definition) is 5. The molecule has 3 rings (SSSR count). The highest BCUT2D eigenvalue weighted by Crippen LogP contribution is 2.28. The van der Waals surface area contributed by atoms with Crippen LogP contribution in [0.1, 0.15) is 30.0 Å². The molecule has 170 valence electrons. The van der Waals surface area contributed by atoms with Crippen LogP contribution in [0.2, 0.25) is 0 Å². The molecule has 2 aromatic rings. The predicted octanol–water partition coefficient (Wildman–Crippen LogP) is 3.23. The summed E-state index contributed by atoms with van der Waals surface area (Å²) in [7, 11) is 1.63. The van der Waals surface area contributed by atoms with Crippen molar-refractivity contribution < 1.29 is 18.7 Å². The minimum Gasteiger partial charge on any atom is -0.493 e. The number of piperazine rings is 1. The fourth-order valence-corrected chi connectivity index (χ4v) is 3.36. The third-order valence-electron chi connectivity index (χ3n) is 4.87. The number of nitrogens with zero attached hydrogens (tertiary/aromatic N) is 3. The van der Waals surface area contributed by atoms with Crippen LogP contribution in [0.25, 0.3) is 0 Å². The average molecular weight is 542 g/mol. The summed E-state index contributed by atoms with van der Waals surface area (Å²) in [4.78, 5) is 21.3. The molecule has 1 fully saturated rings. The molecule has 1 aromatic heterocycles. The fraction of sp³-hybridized carbons (Fsp3) is 0.455. The lowest BCUT2D eigenvalue weighted by Crippen LogP contribution is -2.53. The van der Waals surface area contributed by atoms with E-state index in [1.807, 2.05) is 36.9 Å². The van der Waals surface area contributed by atoms with Crippen molar-refractivity contribution in [1.82, 2.24) is 15.1 Å². The molecule has 1 aliphatic heterocycles. The van der Waals surface area contributed by atoms with Gasteiger partial charge in [-0.1, -0.05) is 6.07 Å². The highest BCUT2D eigenvalue weighted by molar-refractivity contribution is 14.0. The fourth-order valence-electron chi connectivity index (χ4n) is 3.36. The Balaban J connectivity index is 0.00000341. The van der Waals surface area contributed by atoms with Crippen molar-refractivity contribution in [3.05, 3.63) is 47.9 Å². The van der Waals surface area contributed by atoms with Crippen LogP contribution >= 0.6 is 24.0 Å². The summed E-state index contributed by atoms with van der Waals surface area (Å²) in [6.07, 6.45) is 1.52. The molecule has 31 heavy (non-hydrogen) atoms. The largest absolute Gasteiger partial charge is 0.493 e. The number of rotatable bonds is 7. The Morgan fingerprint density at radius 1 is 1.13 bits per heavy atom. The number of carbonyl (C=O) groups excluding carboxylic acids is 1. The van der Waals surface area contributed by atoms with Crippen molar-refractivity contribution in [2.75, 3.05) is 46.4 Å². The topological polar surface area (TPSA) is 79.5 Å². The summed E-state index contributed by atoms with van der Waals surface area (Å²) in [5, 5.41) is 3.35. The highest BCUT2D eigenvalue weighted by atomic mass is 127. The average Bonchev–Trinajstić information content (AvgIpc) is 3.32. The SMILES string of the molecule is CCNC(=NCc1ccc(OC)c(OCC)c1)N1CCN(C(=O)c2ccco2)CC1.I. The van der Waals surface area contributed by atoms with Crippen LogP contribution in [0.15, 0.2) is 46.0 Å². The maximum Gasteiger partial charge on any atom is 0.289 e. The second kappa shape index (κ2) is 12.4. The minimum absolute atomic E-state index is 0. The number of methoxy groups -OCH3 is 1. The molecule has 1 amide bonds. The van der Waals surface area contributed by atoms with Crippen molar-refractivity contribution in [2.24, 2.45) is 4.99 Å². The zero-order valence-corrected chi connectivity index (χ0v) is 20.6. The molecule has 0 unspecified atom stereocenters. The number of carbonyl (C=O) groups is 1.